The molecular formula is C13H22N4O. The second-order valence-electron chi connectivity index (χ2n) is 6.41. The fourth-order valence-electron chi connectivity index (χ4n) is 2.78. The molecule has 1 amide bonds. The fourth-order valence-corrected chi connectivity index (χ4v) is 2.78. The van der Waals surface area contributed by atoms with Crippen molar-refractivity contribution in [2.45, 2.75) is 41.2 Å². The number of H-pyrrole nitrogens is 1. The number of hydrogen-bond acceptors (Lipinski definition) is 3. The number of rotatable bonds is 3. The maximum absolute atomic E-state index is 12.4. The van der Waals surface area contributed by atoms with E-state index in [0.29, 0.717) is 12.4 Å². The van der Waals surface area contributed by atoms with Crippen molar-refractivity contribution in [1.29, 1.82) is 0 Å². The number of hydrogen-bond donors (Lipinski definition) is 1. The Morgan fingerprint density at radius 3 is 2.28 bits per heavy atom. The molecule has 1 aliphatic carbocycles. The van der Waals surface area contributed by atoms with Crippen LogP contribution in [0.2, 0.25) is 0 Å². The lowest BCUT2D eigenvalue weighted by atomic mass is 10.0. The van der Waals surface area contributed by atoms with E-state index in [1.807, 2.05) is 14.0 Å². The average molecular weight is 250 g/mol. The highest BCUT2D eigenvalue weighted by Crippen LogP contribution is 2.68. The van der Waals surface area contributed by atoms with Gasteiger partial charge in [0, 0.05) is 13.0 Å². The molecule has 1 N–H and O–H groups in total. The van der Waals surface area contributed by atoms with Gasteiger partial charge in [-0.3, -0.25) is 9.89 Å². The van der Waals surface area contributed by atoms with Gasteiger partial charge in [-0.15, -0.1) is 0 Å². The van der Waals surface area contributed by atoms with Gasteiger partial charge >= 0.3 is 0 Å². The molecule has 0 bridgehead atoms. The number of aromatic nitrogens is 3. The van der Waals surface area contributed by atoms with Crippen molar-refractivity contribution in [1.82, 2.24) is 20.1 Å². The van der Waals surface area contributed by atoms with E-state index in [9.17, 15) is 4.79 Å². The summed E-state index contributed by atoms with van der Waals surface area (Å²) in [6, 6.07) is 0. The summed E-state index contributed by atoms with van der Waals surface area (Å²) < 4.78 is 0. The number of nitrogens with zero attached hydrogens (tertiary/aromatic N) is 3. The largest absolute Gasteiger partial charge is 0.338 e. The standard InChI is InChI=1S/C13H22N4O/c1-8-14-9(16-15-8)7-17(6)11(18)10-12(2,3)13(10,4)5/h10H,7H2,1-6H3,(H,14,15,16). The van der Waals surface area contributed by atoms with E-state index in [1.165, 1.54) is 0 Å². The number of carbonyl (C=O) groups excluding carboxylic acids is 1. The number of amides is 1. The molecule has 5 heteroatoms. The highest BCUT2D eigenvalue weighted by Gasteiger charge is 2.68. The monoisotopic (exact) mass is 250 g/mol. The number of aromatic amines is 1. The Balaban J connectivity index is 2.03. The number of carbonyl (C=O) groups is 1. The van der Waals surface area contributed by atoms with E-state index in [2.05, 4.69) is 42.9 Å². The molecule has 18 heavy (non-hydrogen) atoms. The minimum Gasteiger partial charge on any atom is -0.338 e. The molecule has 2 rings (SSSR count). The van der Waals surface area contributed by atoms with Gasteiger partial charge in [-0.05, 0) is 17.8 Å². The second-order valence-corrected chi connectivity index (χ2v) is 6.41. The van der Waals surface area contributed by atoms with Gasteiger partial charge in [0.2, 0.25) is 5.91 Å². The van der Waals surface area contributed by atoms with Crippen LogP contribution in [0.15, 0.2) is 0 Å². The summed E-state index contributed by atoms with van der Waals surface area (Å²) in [6.45, 7) is 10.9. The van der Waals surface area contributed by atoms with E-state index >= 15 is 0 Å². The van der Waals surface area contributed by atoms with E-state index in [1.54, 1.807) is 4.90 Å². The van der Waals surface area contributed by atoms with Gasteiger partial charge < -0.3 is 4.90 Å². The minimum absolute atomic E-state index is 0.0767. The second kappa shape index (κ2) is 3.80. The molecule has 1 fully saturated rings. The van der Waals surface area contributed by atoms with Crippen LogP contribution in [0.5, 0.6) is 0 Å². The maximum Gasteiger partial charge on any atom is 0.226 e. The van der Waals surface area contributed by atoms with Crippen LogP contribution in [0.3, 0.4) is 0 Å². The molecule has 0 atom stereocenters. The zero-order chi connectivity index (χ0) is 13.7. The number of aryl methyl sites for hydroxylation is 1. The normalized spacial score (nSPS) is 20.8. The maximum atomic E-state index is 12.4. The lowest BCUT2D eigenvalue weighted by Crippen LogP contribution is -2.30. The van der Waals surface area contributed by atoms with Crippen LogP contribution in [0.1, 0.15) is 39.3 Å². The summed E-state index contributed by atoms with van der Waals surface area (Å²) in [5.41, 5.74) is 0.153. The smallest absolute Gasteiger partial charge is 0.226 e. The molecule has 100 valence electrons. The Morgan fingerprint density at radius 2 is 1.89 bits per heavy atom. The first-order valence-corrected chi connectivity index (χ1v) is 6.31. The quantitative estimate of drug-likeness (QED) is 0.889. The van der Waals surface area contributed by atoms with Gasteiger partial charge in [-0.2, -0.15) is 5.10 Å². The molecule has 1 aromatic rings. The van der Waals surface area contributed by atoms with Crippen molar-refractivity contribution in [3.63, 3.8) is 0 Å². The minimum atomic E-state index is 0.0767. The summed E-state index contributed by atoms with van der Waals surface area (Å²) in [5, 5.41) is 6.85. The van der Waals surface area contributed by atoms with E-state index in [0.717, 1.165) is 5.82 Å². The van der Waals surface area contributed by atoms with Crippen molar-refractivity contribution >= 4 is 5.91 Å². The van der Waals surface area contributed by atoms with Crippen molar-refractivity contribution in [2.75, 3.05) is 7.05 Å². The molecule has 0 unspecified atom stereocenters. The molecule has 0 aromatic carbocycles. The lowest BCUT2D eigenvalue weighted by molar-refractivity contribution is -0.133. The fraction of sp³-hybridized carbons (Fsp3) is 0.769. The molecule has 1 aliphatic rings. The molecule has 1 heterocycles. The molecule has 1 aromatic heterocycles. The molecular weight excluding hydrogens is 228 g/mol. The van der Waals surface area contributed by atoms with Crippen LogP contribution >= 0.6 is 0 Å². The summed E-state index contributed by atoms with van der Waals surface area (Å²) in [6.07, 6.45) is 0. The SMILES string of the molecule is Cc1nc(CN(C)C(=O)C2C(C)(C)C2(C)C)n[nH]1. The van der Waals surface area contributed by atoms with Gasteiger partial charge in [0.25, 0.3) is 0 Å². The average Bonchev–Trinajstić information content (AvgIpc) is 2.57. The third-order valence-electron chi connectivity index (χ3n) is 4.67. The molecule has 0 saturated heterocycles. The van der Waals surface area contributed by atoms with Crippen molar-refractivity contribution in [2.24, 2.45) is 16.7 Å². The number of nitrogens with one attached hydrogen (secondary N) is 1. The Bertz CT molecular complexity index is 461. The summed E-state index contributed by atoms with van der Waals surface area (Å²) in [7, 11) is 1.82. The topological polar surface area (TPSA) is 61.9 Å². The molecule has 1 saturated carbocycles. The van der Waals surface area contributed by atoms with Gasteiger partial charge in [0.1, 0.15) is 5.82 Å². The Kier molecular flexibility index (Phi) is 2.76. The van der Waals surface area contributed by atoms with Gasteiger partial charge in [-0.1, -0.05) is 27.7 Å². The summed E-state index contributed by atoms with van der Waals surface area (Å²) >= 11 is 0. The zero-order valence-corrected chi connectivity index (χ0v) is 12.0. The Morgan fingerprint density at radius 1 is 1.33 bits per heavy atom. The third-order valence-corrected chi connectivity index (χ3v) is 4.67. The highest BCUT2D eigenvalue weighted by atomic mass is 16.2. The molecule has 0 radical (unpaired) electrons. The predicted octanol–water partition coefficient (Wildman–Crippen LogP) is 1.75. The first-order valence-electron chi connectivity index (χ1n) is 6.31. The van der Waals surface area contributed by atoms with Crippen LogP contribution in [-0.4, -0.2) is 33.0 Å². The highest BCUT2D eigenvalue weighted by molar-refractivity contribution is 5.84. The van der Waals surface area contributed by atoms with Gasteiger partial charge in [-0.25, -0.2) is 4.98 Å². The predicted molar refractivity (Wildman–Crippen MR) is 68.6 cm³/mol. The molecule has 0 spiro atoms. The van der Waals surface area contributed by atoms with Crippen molar-refractivity contribution in [3.8, 4) is 0 Å². The van der Waals surface area contributed by atoms with E-state index in [-0.39, 0.29) is 22.7 Å². The first-order chi connectivity index (χ1) is 8.18. The first kappa shape index (κ1) is 13.1. The zero-order valence-electron chi connectivity index (χ0n) is 12.0. The van der Waals surface area contributed by atoms with Crippen LogP contribution in [0.4, 0.5) is 0 Å². The van der Waals surface area contributed by atoms with Crippen LogP contribution < -0.4 is 0 Å². The van der Waals surface area contributed by atoms with E-state index < -0.39 is 0 Å². The van der Waals surface area contributed by atoms with E-state index in [4.69, 9.17) is 0 Å². The van der Waals surface area contributed by atoms with Gasteiger partial charge in [0.15, 0.2) is 5.82 Å². The Labute approximate surface area is 108 Å². The van der Waals surface area contributed by atoms with Crippen molar-refractivity contribution < 1.29 is 4.79 Å². The lowest BCUT2D eigenvalue weighted by Gasteiger charge is -2.16. The summed E-state index contributed by atoms with van der Waals surface area (Å²) in [5.74, 6) is 1.72. The van der Waals surface area contributed by atoms with Crippen LogP contribution in [0.25, 0.3) is 0 Å². The third kappa shape index (κ3) is 1.82. The van der Waals surface area contributed by atoms with Crippen LogP contribution in [0, 0.1) is 23.7 Å². The van der Waals surface area contributed by atoms with Gasteiger partial charge in [0.05, 0.1) is 6.54 Å². The Hall–Kier alpha value is -1.39. The van der Waals surface area contributed by atoms with Crippen molar-refractivity contribution in [3.05, 3.63) is 11.6 Å². The molecule has 0 aliphatic heterocycles. The molecule has 5 nitrogen and oxygen atoms in total. The summed E-state index contributed by atoms with van der Waals surface area (Å²) in [4.78, 5) is 18.4. The van der Waals surface area contributed by atoms with Crippen LogP contribution in [-0.2, 0) is 11.3 Å².